The fourth-order valence-electron chi connectivity index (χ4n) is 3.91. The monoisotopic (exact) mass is 496 g/mol. The van der Waals surface area contributed by atoms with Crippen LogP contribution in [0.3, 0.4) is 0 Å². The van der Waals surface area contributed by atoms with E-state index in [1.807, 2.05) is 90.8 Å². The van der Waals surface area contributed by atoms with Crippen molar-refractivity contribution < 1.29 is 19.1 Å². The van der Waals surface area contributed by atoms with Crippen LogP contribution in [0.2, 0.25) is 0 Å². The number of fused-ring (bicyclic) bond motifs is 1. The second-order valence-corrected chi connectivity index (χ2v) is 8.05. The molecule has 1 heterocycles. The van der Waals surface area contributed by atoms with E-state index in [9.17, 15) is 20.1 Å². The maximum absolute atomic E-state index is 12.1. The average Bonchev–Trinajstić information content (AvgIpc) is 2.90. The second-order valence-electron chi connectivity index (χ2n) is 8.05. The number of anilines is 2. The molecule has 0 atom stereocenters. The Morgan fingerprint density at radius 3 is 2.08 bits per heavy atom. The van der Waals surface area contributed by atoms with Crippen LogP contribution in [-0.2, 0) is 19.1 Å². The topological polar surface area (TPSA) is 107 Å². The first-order chi connectivity index (χ1) is 17.9. The molecule has 0 bridgehead atoms. The van der Waals surface area contributed by atoms with Crippen molar-refractivity contribution in [1.29, 1.82) is 10.5 Å². The lowest BCUT2D eigenvalue weighted by atomic mass is 9.94. The number of likely N-dealkylation sites (N-methyl/N-ethyl adjacent to an activating group) is 1. The van der Waals surface area contributed by atoms with Gasteiger partial charge in [-0.25, -0.2) is 0 Å². The Morgan fingerprint density at radius 2 is 1.51 bits per heavy atom. The Labute approximate surface area is 216 Å². The summed E-state index contributed by atoms with van der Waals surface area (Å²) in [4.78, 5) is 27.7. The number of carbonyl (C=O) groups is 2. The van der Waals surface area contributed by atoms with E-state index < -0.39 is 11.9 Å². The molecule has 8 nitrogen and oxygen atoms in total. The van der Waals surface area contributed by atoms with E-state index in [4.69, 9.17) is 9.47 Å². The number of benzene rings is 2. The predicted molar refractivity (Wildman–Crippen MR) is 142 cm³/mol. The number of nitrogens with zero attached hydrogens (tertiary/aromatic N) is 4. The molecule has 0 aliphatic carbocycles. The first-order valence-corrected chi connectivity index (χ1v) is 11.8. The van der Waals surface area contributed by atoms with Gasteiger partial charge in [0.1, 0.15) is 30.8 Å². The highest BCUT2D eigenvalue weighted by molar-refractivity contribution is 5.92. The van der Waals surface area contributed by atoms with Gasteiger partial charge in [0.15, 0.2) is 0 Å². The molecule has 0 amide bonds. The highest BCUT2D eigenvalue weighted by Gasteiger charge is 2.21. The summed E-state index contributed by atoms with van der Waals surface area (Å²) in [5, 5.41) is 18.9. The van der Waals surface area contributed by atoms with Crippen LogP contribution in [0.5, 0.6) is 0 Å². The van der Waals surface area contributed by atoms with Crippen molar-refractivity contribution in [2.45, 2.75) is 13.8 Å². The Hall–Kier alpha value is -4.82. The maximum Gasteiger partial charge on any atom is 0.325 e. The molecule has 8 heteroatoms. The zero-order valence-electron chi connectivity index (χ0n) is 21.1. The van der Waals surface area contributed by atoms with Gasteiger partial charge in [0.2, 0.25) is 0 Å². The van der Waals surface area contributed by atoms with Crippen LogP contribution in [0.25, 0.3) is 11.6 Å². The second kappa shape index (κ2) is 12.8. The number of ether oxygens (including phenoxy) is 2. The summed E-state index contributed by atoms with van der Waals surface area (Å²) in [6.45, 7) is 3.82. The molecule has 1 aliphatic heterocycles. The summed E-state index contributed by atoms with van der Waals surface area (Å²) in [5.74, 6) is -0.859. The molecule has 0 N–H and O–H groups in total. The molecule has 2 aromatic rings. The van der Waals surface area contributed by atoms with E-state index in [2.05, 4.69) is 0 Å². The van der Waals surface area contributed by atoms with E-state index in [-0.39, 0.29) is 31.9 Å². The lowest BCUT2D eigenvalue weighted by Crippen LogP contribution is -2.36. The van der Waals surface area contributed by atoms with Gasteiger partial charge >= 0.3 is 11.9 Å². The summed E-state index contributed by atoms with van der Waals surface area (Å²) >= 11 is 0. The highest BCUT2D eigenvalue weighted by atomic mass is 16.5. The van der Waals surface area contributed by atoms with E-state index in [0.29, 0.717) is 11.3 Å². The molecule has 0 fully saturated rings. The van der Waals surface area contributed by atoms with Crippen molar-refractivity contribution >= 4 is 35.0 Å². The molecular formula is C29H28N4O4. The minimum atomic E-state index is -0.429. The minimum Gasteiger partial charge on any atom is -0.465 e. The van der Waals surface area contributed by atoms with Crippen LogP contribution in [0, 0.1) is 22.7 Å². The highest BCUT2D eigenvalue weighted by Crippen LogP contribution is 2.37. The zero-order valence-corrected chi connectivity index (χ0v) is 21.1. The van der Waals surface area contributed by atoms with E-state index >= 15 is 0 Å². The number of allylic oxidation sites excluding steroid dienone is 4. The first-order valence-electron chi connectivity index (χ1n) is 11.8. The minimum absolute atomic E-state index is 0.0547. The van der Waals surface area contributed by atoms with Crippen LogP contribution in [0.4, 0.5) is 11.4 Å². The number of carbonyl (C=O) groups excluding carboxylic acids is 2. The number of esters is 2. The third kappa shape index (κ3) is 6.65. The van der Waals surface area contributed by atoms with Crippen LogP contribution in [-0.4, -0.2) is 45.3 Å². The van der Waals surface area contributed by atoms with E-state index in [1.54, 1.807) is 18.7 Å². The van der Waals surface area contributed by atoms with E-state index in [0.717, 1.165) is 22.5 Å². The van der Waals surface area contributed by atoms with Crippen LogP contribution >= 0.6 is 0 Å². The quantitative estimate of drug-likeness (QED) is 0.370. The largest absolute Gasteiger partial charge is 0.465 e. The van der Waals surface area contributed by atoms with Crippen molar-refractivity contribution in [2.24, 2.45) is 0 Å². The Balaban J connectivity index is 1.86. The van der Waals surface area contributed by atoms with Crippen molar-refractivity contribution in [3.8, 4) is 12.1 Å². The Morgan fingerprint density at radius 1 is 0.919 bits per heavy atom. The molecule has 1 aliphatic rings. The van der Waals surface area contributed by atoms with Crippen LogP contribution in [0.15, 0.2) is 72.0 Å². The summed E-state index contributed by atoms with van der Waals surface area (Å²) in [6, 6.07) is 19.0. The summed E-state index contributed by atoms with van der Waals surface area (Å²) in [7, 11) is 1.93. The van der Waals surface area contributed by atoms with Gasteiger partial charge < -0.3 is 19.3 Å². The van der Waals surface area contributed by atoms with Crippen molar-refractivity contribution in [2.75, 3.05) is 43.2 Å². The number of rotatable bonds is 9. The van der Waals surface area contributed by atoms with Gasteiger partial charge in [0.05, 0.1) is 13.2 Å². The summed E-state index contributed by atoms with van der Waals surface area (Å²) < 4.78 is 10.1. The standard InChI is InChI=1S/C29H28N4O4/c1-4-36-28(34)19-33(20-29(35)37-5-2)23-13-10-21(11-14-23)12-15-24-16-26(22(17-30)18-31)25-8-6-7-9-27(25)32(24)3/h6-16H,4-5,19-20H2,1-3H3/b15-12+. The molecule has 0 aromatic heterocycles. The lowest BCUT2D eigenvalue weighted by molar-refractivity contribution is -0.142. The van der Waals surface area contributed by atoms with Crippen LogP contribution < -0.4 is 9.80 Å². The molecule has 188 valence electrons. The predicted octanol–water partition coefficient (Wildman–Crippen LogP) is 4.47. The fourth-order valence-corrected chi connectivity index (χ4v) is 3.91. The summed E-state index contributed by atoms with van der Waals surface area (Å²) in [5.41, 5.74) is 4.74. The van der Waals surface area contributed by atoms with Gasteiger partial charge in [-0.3, -0.25) is 9.59 Å². The van der Waals surface area contributed by atoms with Crippen molar-refractivity contribution in [3.63, 3.8) is 0 Å². The zero-order chi connectivity index (χ0) is 26.8. The molecule has 0 unspecified atom stereocenters. The fraction of sp³-hybridized carbons (Fsp3) is 0.241. The molecule has 0 radical (unpaired) electrons. The SMILES string of the molecule is CCOC(=O)CN(CC(=O)OCC)c1ccc(/C=C/C2=CC(=C(C#N)C#N)c3ccccc3N2C)cc1. The number of hydrogen-bond acceptors (Lipinski definition) is 8. The van der Waals surface area contributed by atoms with Crippen molar-refractivity contribution in [1.82, 2.24) is 0 Å². The molecule has 2 aromatic carbocycles. The molecule has 0 saturated carbocycles. The Kier molecular flexibility index (Phi) is 9.23. The number of nitriles is 2. The van der Waals surface area contributed by atoms with Gasteiger partial charge in [0, 0.05) is 35.3 Å². The van der Waals surface area contributed by atoms with E-state index in [1.165, 1.54) is 0 Å². The van der Waals surface area contributed by atoms with Gasteiger partial charge in [-0.05, 0) is 49.8 Å². The van der Waals surface area contributed by atoms with Gasteiger partial charge in [0.25, 0.3) is 0 Å². The first kappa shape index (κ1) is 26.8. The third-order valence-electron chi connectivity index (χ3n) is 5.68. The van der Waals surface area contributed by atoms with Crippen LogP contribution in [0.1, 0.15) is 25.0 Å². The smallest absolute Gasteiger partial charge is 0.325 e. The molecule has 3 rings (SSSR count). The van der Waals surface area contributed by atoms with Gasteiger partial charge in [-0.2, -0.15) is 10.5 Å². The summed E-state index contributed by atoms with van der Waals surface area (Å²) in [6.07, 6.45) is 5.65. The molecule has 0 spiro atoms. The molecule has 37 heavy (non-hydrogen) atoms. The van der Waals surface area contributed by atoms with Gasteiger partial charge in [-0.15, -0.1) is 0 Å². The molecular weight excluding hydrogens is 468 g/mol. The maximum atomic E-state index is 12.1. The number of para-hydroxylation sites is 1. The lowest BCUT2D eigenvalue weighted by Gasteiger charge is -2.28. The Bertz CT molecular complexity index is 1290. The normalized spacial score (nSPS) is 12.2. The molecule has 0 saturated heterocycles. The van der Waals surface area contributed by atoms with Crippen molar-refractivity contribution in [3.05, 3.63) is 83.1 Å². The van der Waals surface area contributed by atoms with Gasteiger partial charge in [-0.1, -0.05) is 36.4 Å². The average molecular weight is 497 g/mol. The number of hydrogen-bond donors (Lipinski definition) is 0. The third-order valence-corrected chi connectivity index (χ3v) is 5.68.